The van der Waals surface area contributed by atoms with Gasteiger partial charge < -0.3 is 10.4 Å². The number of fused-ring (bicyclic) bond motifs is 1. The van der Waals surface area contributed by atoms with Crippen molar-refractivity contribution in [1.82, 2.24) is 10.3 Å². The van der Waals surface area contributed by atoms with Gasteiger partial charge in [-0.3, -0.25) is 4.98 Å². The van der Waals surface area contributed by atoms with Crippen LogP contribution < -0.4 is 5.32 Å². The minimum absolute atomic E-state index is 0.161. The van der Waals surface area contributed by atoms with Crippen LogP contribution in [0.4, 0.5) is 0 Å². The lowest BCUT2D eigenvalue weighted by Crippen LogP contribution is -2.25. The van der Waals surface area contributed by atoms with Crippen molar-refractivity contribution in [1.29, 1.82) is 0 Å². The normalized spacial score (nSPS) is 13.9. The molecule has 0 saturated carbocycles. The van der Waals surface area contributed by atoms with E-state index in [2.05, 4.69) is 59.7 Å². The third kappa shape index (κ3) is 3.58. The van der Waals surface area contributed by atoms with Gasteiger partial charge in [-0.15, -0.1) is 0 Å². The average Bonchev–Trinajstić information content (AvgIpc) is 2.59. The van der Waals surface area contributed by atoms with Gasteiger partial charge in [0.25, 0.3) is 0 Å². The van der Waals surface area contributed by atoms with E-state index in [1.54, 1.807) is 6.20 Å². The molecule has 0 aliphatic carbocycles. The summed E-state index contributed by atoms with van der Waals surface area (Å²) in [5, 5.41) is 16.2. The first-order valence-electron chi connectivity index (χ1n) is 7.97. The van der Waals surface area contributed by atoms with Crippen LogP contribution in [0.25, 0.3) is 10.8 Å². The van der Waals surface area contributed by atoms with E-state index < -0.39 is 6.10 Å². The van der Waals surface area contributed by atoms with Crippen LogP contribution in [0.2, 0.25) is 0 Å². The molecule has 118 valence electrons. The van der Waals surface area contributed by atoms with Gasteiger partial charge in [-0.25, -0.2) is 0 Å². The standard InChI is InChI=1S/C20H22N2O/c1-14-10-11-17(12-21-14)20(23)13-22-15(2)18-9-5-7-16-6-3-4-8-19(16)18/h3-12,15,20,22-23H,13H2,1-2H3/t15-,20?/m0/s1. The third-order valence-electron chi connectivity index (χ3n) is 4.23. The first kappa shape index (κ1) is 15.7. The number of aromatic nitrogens is 1. The molecule has 3 rings (SSSR count). The Morgan fingerprint density at radius 3 is 2.61 bits per heavy atom. The van der Waals surface area contributed by atoms with Crippen LogP contribution in [-0.2, 0) is 0 Å². The smallest absolute Gasteiger partial charge is 0.0929 e. The van der Waals surface area contributed by atoms with Crippen molar-refractivity contribution in [2.24, 2.45) is 0 Å². The maximum Gasteiger partial charge on any atom is 0.0929 e. The molecule has 3 nitrogen and oxygen atoms in total. The van der Waals surface area contributed by atoms with Gasteiger partial charge in [0.05, 0.1) is 6.10 Å². The van der Waals surface area contributed by atoms with Crippen molar-refractivity contribution < 1.29 is 5.11 Å². The molecule has 0 aliphatic heterocycles. The maximum atomic E-state index is 10.3. The average molecular weight is 306 g/mol. The summed E-state index contributed by atoms with van der Waals surface area (Å²) in [5.74, 6) is 0. The Kier molecular flexibility index (Phi) is 4.70. The SMILES string of the molecule is Cc1ccc(C(O)CN[C@@H](C)c2cccc3ccccc23)cn1. The molecular formula is C20H22N2O. The van der Waals surface area contributed by atoms with Crippen molar-refractivity contribution in [3.05, 3.63) is 77.6 Å². The maximum absolute atomic E-state index is 10.3. The van der Waals surface area contributed by atoms with Gasteiger partial charge in [0, 0.05) is 30.0 Å². The molecule has 0 spiro atoms. The molecule has 0 saturated heterocycles. The van der Waals surface area contributed by atoms with Gasteiger partial charge in [0.15, 0.2) is 0 Å². The number of aliphatic hydroxyl groups is 1. The number of benzene rings is 2. The number of hydrogen-bond acceptors (Lipinski definition) is 3. The summed E-state index contributed by atoms with van der Waals surface area (Å²) in [4.78, 5) is 4.24. The minimum atomic E-state index is -0.555. The highest BCUT2D eigenvalue weighted by Gasteiger charge is 2.12. The Labute approximate surface area is 137 Å². The molecule has 23 heavy (non-hydrogen) atoms. The number of nitrogens with one attached hydrogen (secondary N) is 1. The van der Waals surface area contributed by atoms with Gasteiger partial charge in [0.1, 0.15) is 0 Å². The van der Waals surface area contributed by atoms with Crippen molar-refractivity contribution >= 4 is 10.8 Å². The first-order valence-corrected chi connectivity index (χ1v) is 7.97. The molecule has 0 amide bonds. The van der Waals surface area contributed by atoms with Gasteiger partial charge in [0.2, 0.25) is 0 Å². The van der Waals surface area contributed by atoms with Crippen LogP contribution in [0.15, 0.2) is 60.8 Å². The lowest BCUT2D eigenvalue weighted by Gasteiger charge is -2.19. The van der Waals surface area contributed by atoms with Crippen LogP contribution >= 0.6 is 0 Å². The number of aliphatic hydroxyl groups excluding tert-OH is 1. The van der Waals surface area contributed by atoms with Crippen LogP contribution in [0.3, 0.4) is 0 Å². The second-order valence-corrected chi connectivity index (χ2v) is 5.95. The Morgan fingerprint density at radius 1 is 1.04 bits per heavy atom. The molecule has 2 N–H and O–H groups in total. The largest absolute Gasteiger partial charge is 0.387 e. The van der Waals surface area contributed by atoms with E-state index in [0.29, 0.717) is 6.54 Å². The van der Waals surface area contributed by atoms with Crippen molar-refractivity contribution in [2.75, 3.05) is 6.54 Å². The molecular weight excluding hydrogens is 284 g/mol. The predicted octanol–water partition coefficient (Wildman–Crippen LogP) is 3.93. The first-order chi connectivity index (χ1) is 11.1. The second-order valence-electron chi connectivity index (χ2n) is 5.95. The molecule has 1 aromatic heterocycles. The molecule has 2 aromatic carbocycles. The number of nitrogens with zero attached hydrogens (tertiary/aromatic N) is 1. The Balaban J connectivity index is 1.71. The summed E-state index contributed by atoms with van der Waals surface area (Å²) in [7, 11) is 0. The van der Waals surface area contributed by atoms with E-state index >= 15 is 0 Å². The zero-order chi connectivity index (χ0) is 16.2. The summed E-state index contributed by atoms with van der Waals surface area (Å²) in [6, 6.07) is 18.7. The van der Waals surface area contributed by atoms with E-state index in [4.69, 9.17) is 0 Å². The number of aryl methyl sites for hydroxylation is 1. The second kappa shape index (κ2) is 6.90. The molecule has 3 aromatic rings. The van der Waals surface area contributed by atoms with E-state index in [1.165, 1.54) is 16.3 Å². The van der Waals surface area contributed by atoms with E-state index in [1.807, 2.05) is 19.1 Å². The Hall–Kier alpha value is -2.23. The van der Waals surface area contributed by atoms with E-state index in [0.717, 1.165) is 11.3 Å². The highest BCUT2D eigenvalue weighted by Crippen LogP contribution is 2.24. The molecule has 0 aliphatic rings. The molecule has 0 bridgehead atoms. The quantitative estimate of drug-likeness (QED) is 0.751. The molecule has 2 atom stereocenters. The lowest BCUT2D eigenvalue weighted by molar-refractivity contribution is 0.170. The zero-order valence-corrected chi connectivity index (χ0v) is 13.5. The minimum Gasteiger partial charge on any atom is -0.387 e. The Morgan fingerprint density at radius 2 is 1.83 bits per heavy atom. The van der Waals surface area contributed by atoms with Crippen LogP contribution in [0.1, 0.15) is 35.9 Å². The van der Waals surface area contributed by atoms with Gasteiger partial charge in [-0.2, -0.15) is 0 Å². The molecule has 0 radical (unpaired) electrons. The summed E-state index contributed by atoms with van der Waals surface area (Å²) >= 11 is 0. The molecule has 1 unspecified atom stereocenters. The summed E-state index contributed by atoms with van der Waals surface area (Å²) in [5.41, 5.74) is 3.04. The van der Waals surface area contributed by atoms with Crippen molar-refractivity contribution in [2.45, 2.75) is 26.0 Å². The molecule has 3 heteroatoms. The van der Waals surface area contributed by atoms with Crippen LogP contribution in [0, 0.1) is 6.92 Å². The lowest BCUT2D eigenvalue weighted by atomic mass is 9.99. The van der Waals surface area contributed by atoms with E-state index in [9.17, 15) is 5.11 Å². The van der Waals surface area contributed by atoms with Crippen molar-refractivity contribution in [3.8, 4) is 0 Å². The molecule has 1 heterocycles. The van der Waals surface area contributed by atoms with Crippen LogP contribution in [-0.4, -0.2) is 16.6 Å². The van der Waals surface area contributed by atoms with E-state index in [-0.39, 0.29) is 6.04 Å². The van der Waals surface area contributed by atoms with Gasteiger partial charge in [-0.05, 0) is 36.2 Å². The summed E-state index contributed by atoms with van der Waals surface area (Å²) in [6.45, 7) is 4.56. The highest BCUT2D eigenvalue weighted by molar-refractivity contribution is 5.86. The van der Waals surface area contributed by atoms with Gasteiger partial charge >= 0.3 is 0 Å². The van der Waals surface area contributed by atoms with Gasteiger partial charge in [-0.1, -0.05) is 48.5 Å². The Bertz CT molecular complexity index is 778. The fourth-order valence-electron chi connectivity index (χ4n) is 2.82. The molecule has 0 fully saturated rings. The topological polar surface area (TPSA) is 45.1 Å². The summed E-state index contributed by atoms with van der Waals surface area (Å²) < 4.78 is 0. The van der Waals surface area contributed by atoms with Crippen molar-refractivity contribution in [3.63, 3.8) is 0 Å². The number of pyridine rings is 1. The number of hydrogen-bond donors (Lipinski definition) is 2. The predicted molar refractivity (Wildman–Crippen MR) is 94.3 cm³/mol. The zero-order valence-electron chi connectivity index (χ0n) is 13.5. The van der Waals surface area contributed by atoms with Crippen LogP contribution in [0.5, 0.6) is 0 Å². The fraction of sp³-hybridized carbons (Fsp3) is 0.250. The monoisotopic (exact) mass is 306 g/mol. The fourth-order valence-corrected chi connectivity index (χ4v) is 2.82. The third-order valence-corrected chi connectivity index (χ3v) is 4.23. The summed E-state index contributed by atoms with van der Waals surface area (Å²) in [6.07, 6.45) is 1.19. The highest BCUT2D eigenvalue weighted by atomic mass is 16.3. The number of rotatable bonds is 5.